The fraction of sp³-hybridized carbons (Fsp3) is 0.562. The highest BCUT2D eigenvalue weighted by molar-refractivity contribution is 7.88. The van der Waals surface area contributed by atoms with E-state index >= 15 is 0 Å². The van der Waals surface area contributed by atoms with E-state index in [2.05, 4.69) is 27.6 Å². The minimum atomic E-state index is -3.11. The van der Waals surface area contributed by atoms with Gasteiger partial charge in [-0.05, 0) is 31.4 Å². The van der Waals surface area contributed by atoms with Gasteiger partial charge in [0.15, 0.2) is 5.13 Å². The third-order valence-corrected chi connectivity index (χ3v) is 6.76. The van der Waals surface area contributed by atoms with Gasteiger partial charge in [-0.1, -0.05) is 19.3 Å². The molecule has 1 fully saturated rings. The molecule has 0 aromatic carbocycles. The van der Waals surface area contributed by atoms with Crippen LogP contribution in [-0.2, 0) is 16.4 Å². The number of hydrogen-bond acceptors (Lipinski definition) is 6. The molecule has 0 spiro atoms. The summed E-state index contributed by atoms with van der Waals surface area (Å²) in [5, 5.41) is 6.66. The molecule has 3 rings (SSSR count). The number of aromatic nitrogens is 1. The van der Waals surface area contributed by atoms with Crippen molar-refractivity contribution in [3.8, 4) is 10.6 Å². The molecular formula is C16H23N3O2S3. The normalized spacial score (nSPS) is 16.4. The van der Waals surface area contributed by atoms with E-state index in [4.69, 9.17) is 4.98 Å². The van der Waals surface area contributed by atoms with Crippen LogP contribution >= 0.6 is 22.7 Å². The molecule has 2 N–H and O–H groups in total. The van der Waals surface area contributed by atoms with Crippen LogP contribution in [0.5, 0.6) is 0 Å². The molecule has 0 unspecified atom stereocenters. The van der Waals surface area contributed by atoms with Gasteiger partial charge in [-0.15, -0.1) is 22.7 Å². The van der Waals surface area contributed by atoms with Crippen LogP contribution in [0.15, 0.2) is 17.5 Å². The zero-order valence-electron chi connectivity index (χ0n) is 13.7. The molecule has 5 nitrogen and oxygen atoms in total. The van der Waals surface area contributed by atoms with Crippen molar-refractivity contribution in [1.29, 1.82) is 0 Å². The summed E-state index contributed by atoms with van der Waals surface area (Å²) in [5.74, 6) is 0. The van der Waals surface area contributed by atoms with E-state index in [-0.39, 0.29) is 0 Å². The van der Waals surface area contributed by atoms with Gasteiger partial charge in [0.2, 0.25) is 10.0 Å². The van der Waals surface area contributed by atoms with Gasteiger partial charge in [-0.25, -0.2) is 18.1 Å². The summed E-state index contributed by atoms with van der Waals surface area (Å²) in [6.07, 6.45) is 8.35. The second kappa shape index (κ2) is 7.95. The van der Waals surface area contributed by atoms with Crippen LogP contribution in [0.4, 0.5) is 5.13 Å². The molecule has 0 radical (unpaired) electrons. The van der Waals surface area contributed by atoms with Gasteiger partial charge < -0.3 is 5.32 Å². The van der Waals surface area contributed by atoms with Crippen molar-refractivity contribution in [2.24, 2.45) is 0 Å². The number of sulfonamides is 1. The molecule has 24 heavy (non-hydrogen) atoms. The van der Waals surface area contributed by atoms with Crippen molar-refractivity contribution < 1.29 is 8.42 Å². The Hall–Kier alpha value is -0.960. The summed E-state index contributed by atoms with van der Waals surface area (Å²) in [7, 11) is -3.11. The van der Waals surface area contributed by atoms with Crippen molar-refractivity contribution in [2.75, 3.05) is 18.1 Å². The van der Waals surface area contributed by atoms with E-state index in [0.29, 0.717) is 19.0 Å². The minimum absolute atomic E-state index is 0.435. The summed E-state index contributed by atoms with van der Waals surface area (Å²) in [4.78, 5) is 7.01. The highest BCUT2D eigenvalue weighted by Gasteiger charge is 2.15. The Kier molecular flexibility index (Phi) is 5.91. The number of nitrogens with one attached hydrogen (secondary N) is 2. The van der Waals surface area contributed by atoms with Gasteiger partial charge >= 0.3 is 0 Å². The first kappa shape index (κ1) is 17.8. The highest BCUT2D eigenvalue weighted by Crippen LogP contribution is 2.32. The van der Waals surface area contributed by atoms with Crippen LogP contribution in [0.3, 0.4) is 0 Å². The lowest BCUT2D eigenvalue weighted by atomic mass is 9.96. The summed E-state index contributed by atoms with van der Waals surface area (Å²) in [6.45, 7) is 0.435. The lowest BCUT2D eigenvalue weighted by Gasteiger charge is -2.22. The minimum Gasteiger partial charge on any atom is -0.359 e. The molecule has 0 bridgehead atoms. The second-order valence-corrected chi connectivity index (χ2v) is 10.1. The summed E-state index contributed by atoms with van der Waals surface area (Å²) < 4.78 is 24.7. The number of nitrogens with zero attached hydrogens (tertiary/aromatic N) is 1. The number of thiazole rings is 1. The zero-order chi connectivity index (χ0) is 17.0. The smallest absolute Gasteiger partial charge is 0.208 e. The Labute approximate surface area is 151 Å². The first-order valence-electron chi connectivity index (χ1n) is 8.25. The first-order chi connectivity index (χ1) is 11.5. The van der Waals surface area contributed by atoms with Crippen LogP contribution in [0.1, 0.15) is 37.0 Å². The Bertz CT molecular complexity index is 761. The molecule has 2 heterocycles. The Morgan fingerprint density at radius 2 is 2.04 bits per heavy atom. The number of anilines is 1. The van der Waals surface area contributed by atoms with Crippen molar-refractivity contribution in [1.82, 2.24) is 9.71 Å². The Morgan fingerprint density at radius 1 is 1.25 bits per heavy atom. The molecule has 132 valence electrons. The SMILES string of the molecule is CS(=O)(=O)NCCc1ccc(-c2csc(NC3CCCCC3)n2)s1. The van der Waals surface area contributed by atoms with Crippen molar-refractivity contribution in [2.45, 2.75) is 44.6 Å². The number of thiophene rings is 1. The van der Waals surface area contributed by atoms with E-state index < -0.39 is 10.0 Å². The maximum atomic E-state index is 11.1. The topological polar surface area (TPSA) is 71.1 Å². The van der Waals surface area contributed by atoms with E-state index in [1.807, 2.05) is 0 Å². The van der Waals surface area contributed by atoms with Crippen molar-refractivity contribution in [3.63, 3.8) is 0 Å². The average molecular weight is 386 g/mol. The van der Waals surface area contributed by atoms with Crippen LogP contribution in [0.25, 0.3) is 10.6 Å². The molecular weight excluding hydrogens is 362 g/mol. The van der Waals surface area contributed by atoms with Gasteiger partial charge in [-0.3, -0.25) is 0 Å². The van der Waals surface area contributed by atoms with Gasteiger partial charge in [0, 0.05) is 22.8 Å². The summed E-state index contributed by atoms with van der Waals surface area (Å²) in [5.41, 5.74) is 1.01. The molecule has 0 aliphatic heterocycles. The standard InChI is InChI=1S/C16H23N3O2S3/c1-24(20,21)17-10-9-13-7-8-15(23-13)14-11-22-16(19-14)18-12-5-3-2-4-6-12/h7-8,11-12,17H,2-6,9-10H2,1H3,(H,18,19). The van der Waals surface area contributed by atoms with Gasteiger partial charge in [0.05, 0.1) is 16.8 Å². The second-order valence-electron chi connectivity index (χ2n) is 6.20. The third kappa shape index (κ3) is 5.27. The van der Waals surface area contributed by atoms with E-state index in [9.17, 15) is 8.42 Å². The van der Waals surface area contributed by atoms with Gasteiger partial charge in [0.1, 0.15) is 0 Å². The molecule has 1 saturated carbocycles. The monoisotopic (exact) mass is 385 g/mol. The Morgan fingerprint density at radius 3 is 2.79 bits per heavy atom. The molecule has 0 atom stereocenters. The van der Waals surface area contributed by atoms with E-state index in [0.717, 1.165) is 20.6 Å². The maximum Gasteiger partial charge on any atom is 0.208 e. The lowest BCUT2D eigenvalue weighted by Crippen LogP contribution is -2.23. The van der Waals surface area contributed by atoms with Crippen LogP contribution in [0, 0.1) is 0 Å². The summed E-state index contributed by atoms with van der Waals surface area (Å²) >= 11 is 3.34. The quantitative estimate of drug-likeness (QED) is 0.762. The molecule has 0 saturated heterocycles. The first-order valence-corrected chi connectivity index (χ1v) is 11.8. The highest BCUT2D eigenvalue weighted by atomic mass is 32.2. The van der Waals surface area contributed by atoms with Crippen LogP contribution in [-0.4, -0.2) is 32.2 Å². The fourth-order valence-electron chi connectivity index (χ4n) is 2.88. The molecule has 2 aromatic rings. The largest absolute Gasteiger partial charge is 0.359 e. The van der Waals surface area contributed by atoms with Gasteiger partial charge in [0.25, 0.3) is 0 Å². The zero-order valence-corrected chi connectivity index (χ0v) is 16.2. The Balaban J connectivity index is 1.57. The van der Waals surface area contributed by atoms with Crippen LogP contribution < -0.4 is 10.0 Å². The van der Waals surface area contributed by atoms with Crippen molar-refractivity contribution in [3.05, 3.63) is 22.4 Å². The average Bonchev–Trinajstić information content (AvgIpc) is 3.16. The fourth-order valence-corrected chi connectivity index (χ4v) is 5.19. The molecule has 8 heteroatoms. The van der Waals surface area contributed by atoms with E-state index in [1.165, 1.54) is 38.4 Å². The molecule has 2 aromatic heterocycles. The number of hydrogen-bond donors (Lipinski definition) is 2. The summed E-state index contributed by atoms with van der Waals surface area (Å²) in [6, 6.07) is 4.69. The third-order valence-electron chi connectivity index (χ3n) is 4.09. The lowest BCUT2D eigenvalue weighted by molar-refractivity contribution is 0.462. The molecule has 1 aliphatic carbocycles. The van der Waals surface area contributed by atoms with E-state index in [1.54, 1.807) is 22.7 Å². The van der Waals surface area contributed by atoms with Crippen molar-refractivity contribution >= 4 is 37.8 Å². The molecule has 0 amide bonds. The predicted octanol–water partition coefficient (Wildman–Crippen LogP) is 3.71. The predicted molar refractivity (Wildman–Crippen MR) is 102 cm³/mol. The van der Waals surface area contributed by atoms with Gasteiger partial charge in [-0.2, -0.15) is 0 Å². The van der Waals surface area contributed by atoms with Crippen LogP contribution in [0.2, 0.25) is 0 Å². The number of rotatable bonds is 7. The molecule has 1 aliphatic rings. The maximum absolute atomic E-state index is 11.1.